The fourth-order valence-corrected chi connectivity index (χ4v) is 8.19. The monoisotopic (exact) mass is 666 g/mol. The topological polar surface area (TPSA) is 18.5 Å². The Hall–Kier alpha value is -4.93. The molecule has 1 saturated heterocycles. The molecule has 242 valence electrons. The third-order valence-electron chi connectivity index (χ3n) is 10.9. The first-order valence-electron chi connectivity index (χ1n) is 17.3. The number of benzene rings is 7. The van der Waals surface area contributed by atoms with Crippen LogP contribution in [0.15, 0.2) is 146 Å². The van der Waals surface area contributed by atoms with Crippen molar-refractivity contribution < 1.29 is 9.31 Å². The minimum Gasteiger partial charge on any atom is -0.399 e. The van der Waals surface area contributed by atoms with Gasteiger partial charge in [-0.3, -0.25) is 0 Å². The molecule has 0 bridgehead atoms. The number of hydrogen-bond acceptors (Lipinski definition) is 2. The van der Waals surface area contributed by atoms with E-state index in [1.165, 1.54) is 66.8 Å². The third-order valence-corrected chi connectivity index (χ3v) is 11.3. The van der Waals surface area contributed by atoms with Gasteiger partial charge in [0.15, 0.2) is 0 Å². The number of halogens is 1. The van der Waals surface area contributed by atoms with Gasteiger partial charge in [0, 0.05) is 10.4 Å². The highest BCUT2D eigenvalue weighted by atomic mass is 35.5. The zero-order chi connectivity index (χ0) is 34.2. The van der Waals surface area contributed by atoms with Gasteiger partial charge >= 0.3 is 7.12 Å². The first-order chi connectivity index (χ1) is 24.2. The highest BCUT2D eigenvalue weighted by Gasteiger charge is 2.52. The summed E-state index contributed by atoms with van der Waals surface area (Å²) in [6.07, 6.45) is 0. The van der Waals surface area contributed by atoms with E-state index in [2.05, 4.69) is 173 Å². The lowest BCUT2D eigenvalue weighted by Gasteiger charge is -2.32. The van der Waals surface area contributed by atoms with Gasteiger partial charge in [0.05, 0.1) is 11.2 Å². The molecule has 2 nitrogen and oxygen atoms in total. The Labute approximate surface area is 299 Å². The zero-order valence-electron chi connectivity index (χ0n) is 28.6. The number of fused-ring (bicyclic) bond motifs is 3. The molecule has 7 aromatic carbocycles. The Morgan fingerprint density at radius 2 is 0.740 bits per heavy atom. The summed E-state index contributed by atoms with van der Waals surface area (Å²) in [6, 6.07) is 52.1. The molecule has 1 aliphatic heterocycles. The average Bonchev–Trinajstić information content (AvgIpc) is 3.59. The molecule has 0 saturated carbocycles. The molecular formula is C46H36BClO2. The predicted octanol–water partition coefficient (Wildman–Crippen LogP) is 12.1. The normalized spacial score (nSPS) is 15.4. The van der Waals surface area contributed by atoms with E-state index in [9.17, 15) is 0 Å². The molecule has 50 heavy (non-hydrogen) atoms. The van der Waals surface area contributed by atoms with Crippen LogP contribution in [-0.4, -0.2) is 18.3 Å². The quantitative estimate of drug-likeness (QED) is 0.170. The van der Waals surface area contributed by atoms with Crippen molar-refractivity contribution in [3.63, 3.8) is 0 Å². The lowest BCUT2D eigenvalue weighted by molar-refractivity contribution is 0.00578. The van der Waals surface area contributed by atoms with E-state index in [1.54, 1.807) is 0 Å². The lowest BCUT2D eigenvalue weighted by Crippen LogP contribution is -2.41. The average molecular weight is 667 g/mol. The maximum Gasteiger partial charge on any atom is 0.495 e. The van der Waals surface area contributed by atoms with Crippen LogP contribution in [0.4, 0.5) is 0 Å². The van der Waals surface area contributed by atoms with Crippen LogP contribution in [0, 0.1) is 0 Å². The lowest BCUT2D eigenvalue weighted by atomic mass is 9.75. The fourth-order valence-electron chi connectivity index (χ4n) is 7.92. The summed E-state index contributed by atoms with van der Waals surface area (Å²) in [7, 11) is -0.549. The van der Waals surface area contributed by atoms with Crippen LogP contribution < -0.4 is 5.46 Å². The highest BCUT2D eigenvalue weighted by Crippen LogP contribution is 2.61. The standard InChI is InChI=1S/C46H36BClO2/c1-45(2)46(3,4)50-47(49-45)35-27-25-33-41-34(26-28-36(48)44(35)41)43-40(32-23-15-8-16-24-32)38(30-19-11-6-12-20-30)37(29-17-9-5-10-18-29)39(42(33)43)31-21-13-7-14-22-31/h5-28H,1-4H3. The predicted molar refractivity (Wildman–Crippen MR) is 211 cm³/mol. The molecule has 1 aliphatic carbocycles. The second-order valence-electron chi connectivity index (χ2n) is 14.3. The summed E-state index contributed by atoms with van der Waals surface area (Å²) in [5.41, 5.74) is 14.3. The first-order valence-corrected chi connectivity index (χ1v) is 17.7. The summed E-state index contributed by atoms with van der Waals surface area (Å²) >= 11 is 7.25. The molecule has 0 atom stereocenters. The van der Waals surface area contributed by atoms with E-state index in [0.717, 1.165) is 16.2 Å². The summed E-state index contributed by atoms with van der Waals surface area (Å²) < 4.78 is 13.3. The number of rotatable bonds is 5. The van der Waals surface area contributed by atoms with Crippen molar-refractivity contribution in [3.8, 4) is 66.8 Å². The second kappa shape index (κ2) is 11.6. The van der Waals surface area contributed by atoms with Gasteiger partial charge in [-0.25, -0.2) is 0 Å². The molecule has 9 rings (SSSR count). The van der Waals surface area contributed by atoms with Crippen LogP contribution in [-0.2, 0) is 9.31 Å². The third kappa shape index (κ3) is 4.65. The van der Waals surface area contributed by atoms with Gasteiger partial charge in [-0.2, -0.15) is 0 Å². The molecule has 0 aromatic heterocycles. The van der Waals surface area contributed by atoms with E-state index in [1.807, 2.05) is 0 Å². The molecule has 1 heterocycles. The Bertz CT molecular complexity index is 2290. The van der Waals surface area contributed by atoms with Crippen LogP contribution in [0.3, 0.4) is 0 Å². The molecule has 0 amide bonds. The maximum absolute atomic E-state index is 7.25. The van der Waals surface area contributed by atoms with Crippen LogP contribution in [0.1, 0.15) is 27.7 Å². The van der Waals surface area contributed by atoms with Gasteiger partial charge in [0.2, 0.25) is 0 Å². The van der Waals surface area contributed by atoms with Gasteiger partial charge in [0.1, 0.15) is 0 Å². The minimum atomic E-state index is -0.549. The van der Waals surface area contributed by atoms with Crippen LogP contribution in [0.2, 0.25) is 5.02 Å². The number of hydrogen-bond donors (Lipinski definition) is 0. The van der Waals surface area contributed by atoms with Crippen molar-refractivity contribution in [2.45, 2.75) is 38.9 Å². The maximum atomic E-state index is 7.25. The van der Waals surface area contributed by atoms with Crippen molar-refractivity contribution in [1.29, 1.82) is 0 Å². The van der Waals surface area contributed by atoms with Crippen molar-refractivity contribution >= 4 is 35.0 Å². The SMILES string of the molecule is CC1(C)OB(c2ccc3c4c(ccc(Cl)c24)-c2c(-c4ccccc4)c(-c4ccccc4)c(-c4ccccc4)c(-c4ccccc4)c2-3)OC1(C)C. The summed E-state index contributed by atoms with van der Waals surface area (Å²) in [5, 5.41) is 2.81. The van der Waals surface area contributed by atoms with E-state index >= 15 is 0 Å². The van der Waals surface area contributed by atoms with Crippen molar-refractivity contribution in [3.05, 3.63) is 151 Å². The van der Waals surface area contributed by atoms with Crippen LogP contribution in [0.5, 0.6) is 0 Å². The molecule has 4 heteroatoms. The smallest absolute Gasteiger partial charge is 0.399 e. The van der Waals surface area contributed by atoms with Crippen LogP contribution >= 0.6 is 11.6 Å². The summed E-state index contributed by atoms with van der Waals surface area (Å²) in [4.78, 5) is 0. The van der Waals surface area contributed by atoms with Gasteiger partial charge in [-0.05, 0) is 111 Å². The van der Waals surface area contributed by atoms with Gasteiger partial charge in [-0.1, -0.05) is 151 Å². The van der Waals surface area contributed by atoms with Gasteiger partial charge in [0.25, 0.3) is 0 Å². The molecule has 0 N–H and O–H groups in total. The van der Waals surface area contributed by atoms with E-state index in [0.29, 0.717) is 5.02 Å². The van der Waals surface area contributed by atoms with E-state index in [-0.39, 0.29) is 0 Å². The van der Waals surface area contributed by atoms with Crippen LogP contribution in [0.25, 0.3) is 77.5 Å². The highest BCUT2D eigenvalue weighted by molar-refractivity contribution is 6.66. The van der Waals surface area contributed by atoms with Gasteiger partial charge in [-0.15, -0.1) is 0 Å². The Balaban J connectivity index is 1.49. The van der Waals surface area contributed by atoms with Crippen molar-refractivity contribution in [2.75, 3.05) is 0 Å². The summed E-state index contributed by atoms with van der Waals surface area (Å²) in [5.74, 6) is 0. The molecule has 2 aliphatic rings. The van der Waals surface area contributed by atoms with Gasteiger partial charge < -0.3 is 9.31 Å². The van der Waals surface area contributed by atoms with E-state index < -0.39 is 18.3 Å². The van der Waals surface area contributed by atoms with E-state index in [4.69, 9.17) is 20.9 Å². The first kappa shape index (κ1) is 31.1. The fraction of sp³-hybridized carbons (Fsp3) is 0.130. The second-order valence-corrected chi connectivity index (χ2v) is 14.8. The molecule has 1 fully saturated rings. The Kier molecular flexibility index (Phi) is 7.19. The largest absolute Gasteiger partial charge is 0.495 e. The molecule has 0 spiro atoms. The summed E-state index contributed by atoms with van der Waals surface area (Å²) in [6.45, 7) is 8.39. The molecule has 0 radical (unpaired) electrons. The van der Waals surface area contributed by atoms with Crippen molar-refractivity contribution in [1.82, 2.24) is 0 Å². The molecular weight excluding hydrogens is 631 g/mol. The molecule has 7 aromatic rings. The zero-order valence-corrected chi connectivity index (χ0v) is 29.4. The Morgan fingerprint density at radius 3 is 1.12 bits per heavy atom. The van der Waals surface area contributed by atoms with Crippen molar-refractivity contribution in [2.24, 2.45) is 0 Å². The Morgan fingerprint density at radius 1 is 0.400 bits per heavy atom. The minimum absolute atomic E-state index is 0.480. The molecule has 0 unspecified atom stereocenters.